The van der Waals surface area contributed by atoms with Gasteiger partial charge < -0.3 is 15.0 Å². The number of rotatable bonds is 8. The Morgan fingerprint density at radius 3 is 2.74 bits per heavy atom. The van der Waals surface area contributed by atoms with E-state index in [-0.39, 0.29) is 6.17 Å². The molecule has 0 spiro atoms. The van der Waals surface area contributed by atoms with E-state index in [2.05, 4.69) is 51.5 Å². The number of aryl methyl sites for hydroxylation is 1. The second-order valence-electron chi connectivity index (χ2n) is 7.92. The molecule has 0 aliphatic carbocycles. The molecule has 2 heterocycles. The lowest BCUT2D eigenvalue weighted by Crippen LogP contribution is -2.44. The minimum Gasteiger partial charge on any atom is -0.379 e. The highest BCUT2D eigenvalue weighted by Crippen LogP contribution is 2.37. The molecule has 0 bridgehead atoms. The number of amides is 1. The van der Waals surface area contributed by atoms with Crippen molar-refractivity contribution in [3.63, 3.8) is 0 Å². The van der Waals surface area contributed by atoms with Crippen molar-refractivity contribution >= 4 is 23.4 Å². The Morgan fingerprint density at radius 1 is 1.16 bits per heavy atom. The molecule has 164 valence electrons. The zero-order valence-electron chi connectivity index (χ0n) is 17.7. The normalized spacial score (nSPS) is 18.7. The van der Waals surface area contributed by atoms with E-state index in [1.807, 2.05) is 12.1 Å². The molecule has 2 aliphatic heterocycles. The van der Waals surface area contributed by atoms with Crippen molar-refractivity contribution in [1.29, 1.82) is 0 Å². The number of nitrogens with zero attached hydrogens (tertiary/aromatic N) is 2. The summed E-state index contributed by atoms with van der Waals surface area (Å²) in [7, 11) is 0. The molecule has 2 aromatic carbocycles. The van der Waals surface area contributed by atoms with Gasteiger partial charge in [-0.1, -0.05) is 36.4 Å². The number of carbonyl (C=O) groups is 1. The highest BCUT2D eigenvalue weighted by atomic mass is 16.5. The lowest BCUT2D eigenvalue weighted by molar-refractivity contribution is -0.124. The summed E-state index contributed by atoms with van der Waals surface area (Å²) in [6.07, 6.45) is 5.24. The maximum absolute atomic E-state index is 11.3. The molecule has 1 atom stereocenters. The van der Waals surface area contributed by atoms with Crippen LogP contribution in [0.25, 0.3) is 6.08 Å². The highest BCUT2D eigenvalue weighted by molar-refractivity contribution is 5.91. The molecule has 1 fully saturated rings. The first-order chi connectivity index (χ1) is 15.2. The van der Waals surface area contributed by atoms with Gasteiger partial charge in [-0.25, -0.2) is 5.48 Å². The van der Waals surface area contributed by atoms with Crippen LogP contribution in [-0.2, 0) is 16.0 Å². The number of hydrogen-bond acceptors (Lipinski definition) is 6. The van der Waals surface area contributed by atoms with Crippen LogP contribution in [0.2, 0.25) is 0 Å². The van der Waals surface area contributed by atoms with E-state index in [0.29, 0.717) is 0 Å². The first-order valence-corrected chi connectivity index (χ1v) is 10.9. The molecule has 0 aromatic heterocycles. The van der Waals surface area contributed by atoms with Crippen molar-refractivity contribution in [1.82, 2.24) is 10.4 Å². The number of fused-ring (bicyclic) bond motifs is 1. The summed E-state index contributed by atoms with van der Waals surface area (Å²) in [5.74, 6) is -0.540. The van der Waals surface area contributed by atoms with Crippen molar-refractivity contribution in [2.45, 2.75) is 19.0 Å². The van der Waals surface area contributed by atoms with E-state index in [0.717, 1.165) is 63.5 Å². The topological polar surface area (TPSA) is 77.1 Å². The van der Waals surface area contributed by atoms with E-state index in [1.54, 1.807) is 11.6 Å². The Hall–Kier alpha value is -2.87. The molecule has 7 heteroatoms. The molecule has 7 nitrogen and oxygen atoms in total. The fourth-order valence-corrected chi connectivity index (χ4v) is 4.18. The van der Waals surface area contributed by atoms with Gasteiger partial charge >= 0.3 is 0 Å². The third-order valence-electron chi connectivity index (χ3n) is 5.88. The Balaban J connectivity index is 1.48. The zero-order chi connectivity index (χ0) is 21.5. The van der Waals surface area contributed by atoms with Gasteiger partial charge in [0.05, 0.1) is 30.8 Å². The highest BCUT2D eigenvalue weighted by Gasteiger charge is 2.28. The Kier molecular flexibility index (Phi) is 7.19. The smallest absolute Gasteiger partial charge is 0.267 e. The summed E-state index contributed by atoms with van der Waals surface area (Å²) in [5, 5.41) is 12.4. The van der Waals surface area contributed by atoms with Crippen molar-refractivity contribution in [3.8, 4) is 0 Å². The van der Waals surface area contributed by atoms with E-state index in [1.165, 1.54) is 17.3 Å². The number of morpholine rings is 1. The maximum atomic E-state index is 11.3. The van der Waals surface area contributed by atoms with E-state index in [9.17, 15) is 4.79 Å². The quantitative estimate of drug-likeness (QED) is 0.345. The van der Waals surface area contributed by atoms with Crippen molar-refractivity contribution < 1.29 is 14.7 Å². The zero-order valence-corrected chi connectivity index (χ0v) is 17.7. The molecule has 0 saturated carbocycles. The molecule has 2 aromatic rings. The predicted molar refractivity (Wildman–Crippen MR) is 122 cm³/mol. The summed E-state index contributed by atoms with van der Waals surface area (Å²) in [6, 6.07) is 16.7. The number of ether oxygens (including phenoxy) is 1. The fourth-order valence-electron chi connectivity index (χ4n) is 4.18. The Bertz CT molecular complexity index is 897. The van der Waals surface area contributed by atoms with Crippen LogP contribution >= 0.6 is 0 Å². The van der Waals surface area contributed by atoms with Crippen LogP contribution in [0.4, 0.5) is 11.4 Å². The first-order valence-electron chi connectivity index (χ1n) is 10.9. The summed E-state index contributed by atoms with van der Waals surface area (Å²) in [6.45, 7) is 5.54. The molecule has 1 amide bonds. The van der Waals surface area contributed by atoms with E-state index >= 15 is 0 Å². The second kappa shape index (κ2) is 10.4. The molecular weight excluding hydrogens is 392 g/mol. The minimum atomic E-state index is -0.540. The second-order valence-corrected chi connectivity index (χ2v) is 7.92. The number of hydrogen-bond donors (Lipinski definition) is 3. The molecule has 4 rings (SSSR count). The van der Waals surface area contributed by atoms with Gasteiger partial charge in [0.2, 0.25) is 0 Å². The number of hydroxylamine groups is 1. The van der Waals surface area contributed by atoms with Gasteiger partial charge in [0.25, 0.3) is 5.91 Å². The molecule has 3 N–H and O–H groups in total. The molecular formula is C24H30N4O3. The molecule has 31 heavy (non-hydrogen) atoms. The monoisotopic (exact) mass is 422 g/mol. The summed E-state index contributed by atoms with van der Waals surface area (Å²) < 4.78 is 5.48. The third kappa shape index (κ3) is 5.64. The van der Waals surface area contributed by atoms with Gasteiger partial charge in [-0.15, -0.1) is 0 Å². The number of anilines is 2. The minimum absolute atomic E-state index is 0.219. The van der Waals surface area contributed by atoms with E-state index < -0.39 is 5.91 Å². The van der Waals surface area contributed by atoms with Crippen LogP contribution in [0.5, 0.6) is 0 Å². The molecule has 1 unspecified atom stereocenters. The van der Waals surface area contributed by atoms with Gasteiger partial charge in [-0.3, -0.25) is 14.9 Å². The van der Waals surface area contributed by atoms with E-state index in [4.69, 9.17) is 9.94 Å². The van der Waals surface area contributed by atoms with Gasteiger partial charge in [-0.2, -0.15) is 0 Å². The van der Waals surface area contributed by atoms with Gasteiger partial charge in [-0.05, 0) is 42.2 Å². The number of carbonyl (C=O) groups excluding carboxylic acids is 1. The van der Waals surface area contributed by atoms with Crippen molar-refractivity contribution in [2.75, 3.05) is 49.6 Å². The predicted octanol–water partition coefficient (Wildman–Crippen LogP) is 2.73. The maximum Gasteiger partial charge on any atom is 0.267 e. The molecule has 2 aliphatic rings. The molecule has 1 saturated heterocycles. The standard InChI is InChI=1S/C24H30N4O3/c29-24(26-30)11-8-20-6-9-22-21(18-20)25-23(10-7-19-4-2-1-3-5-19)28(22)13-12-27-14-16-31-17-15-27/h1-6,8-9,11,18,23,25,30H,7,10,12-17H2,(H,26,29)/b11-8+. The third-order valence-corrected chi connectivity index (χ3v) is 5.88. The summed E-state index contributed by atoms with van der Waals surface area (Å²) in [4.78, 5) is 16.2. The largest absolute Gasteiger partial charge is 0.379 e. The van der Waals surface area contributed by atoms with Crippen LogP contribution in [0.15, 0.2) is 54.6 Å². The first kappa shape index (κ1) is 21.4. The van der Waals surface area contributed by atoms with Crippen molar-refractivity contribution in [3.05, 3.63) is 65.7 Å². The van der Waals surface area contributed by atoms with Crippen molar-refractivity contribution in [2.24, 2.45) is 0 Å². The van der Waals surface area contributed by atoms with Gasteiger partial charge in [0, 0.05) is 32.3 Å². The number of nitrogens with one attached hydrogen (secondary N) is 2. The average molecular weight is 423 g/mol. The Labute approximate surface area is 183 Å². The molecule has 0 radical (unpaired) electrons. The Morgan fingerprint density at radius 2 is 1.97 bits per heavy atom. The van der Waals surface area contributed by atoms with Gasteiger partial charge in [0.15, 0.2) is 0 Å². The summed E-state index contributed by atoms with van der Waals surface area (Å²) >= 11 is 0. The van der Waals surface area contributed by atoms with Gasteiger partial charge in [0.1, 0.15) is 0 Å². The summed E-state index contributed by atoms with van der Waals surface area (Å²) in [5.41, 5.74) is 6.13. The lowest BCUT2D eigenvalue weighted by Gasteiger charge is -2.32. The van der Waals surface area contributed by atoms with Crippen LogP contribution in [-0.4, -0.2) is 61.6 Å². The van der Waals surface area contributed by atoms with Crippen LogP contribution in [0.1, 0.15) is 17.5 Å². The average Bonchev–Trinajstić information content (AvgIpc) is 3.17. The van der Waals surface area contributed by atoms with Crippen LogP contribution in [0, 0.1) is 0 Å². The lowest BCUT2D eigenvalue weighted by atomic mass is 10.1. The fraction of sp³-hybridized carbons (Fsp3) is 0.375. The number of benzene rings is 2. The van der Waals surface area contributed by atoms with Crippen LogP contribution < -0.4 is 15.7 Å². The van der Waals surface area contributed by atoms with Crippen LogP contribution in [0.3, 0.4) is 0 Å². The SMILES string of the molecule is O=C(/C=C/c1ccc2c(c1)NC(CCc1ccccc1)N2CCN1CCOCC1)NO.